The van der Waals surface area contributed by atoms with E-state index in [1.165, 1.54) is 30.1 Å². The molecule has 1 aliphatic heterocycles. The van der Waals surface area contributed by atoms with Crippen LogP contribution < -0.4 is 33.8 Å². The standard InChI is InChI=1S/C29H28Br2N2O7S/c1-7-9-40-26-19(31)10-16(11-22(26)38-6)12-23-27(34)33-25(17-13-20(36-4)21(37-5)14-18(17)30)24(28(35)39-8-2)15(3)32-29(33)41-23/h7,10-14,25H,1,8-9H2,2-6H3/b23-12-/t25-/m0/s1. The number of methoxy groups -OCH3 is 3. The van der Waals surface area contributed by atoms with Gasteiger partial charge in [0.15, 0.2) is 27.8 Å². The first-order valence-corrected chi connectivity index (χ1v) is 14.8. The van der Waals surface area contributed by atoms with E-state index in [1.54, 1.807) is 51.3 Å². The lowest BCUT2D eigenvalue weighted by atomic mass is 9.95. The molecule has 9 nitrogen and oxygen atoms in total. The first-order chi connectivity index (χ1) is 19.7. The van der Waals surface area contributed by atoms with Gasteiger partial charge in [-0.1, -0.05) is 39.9 Å². The molecular formula is C29H28Br2N2O7S. The highest BCUT2D eigenvalue weighted by Crippen LogP contribution is 2.41. The molecule has 0 bridgehead atoms. The molecule has 2 aromatic carbocycles. The van der Waals surface area contributed by atoms with Gasteiger partial charge in [0.25, 0.3) is 5.56 Å². The van der Waals surface area contributed by atoms with E-state index in [9.17, 15) is 9.59 Å². The van der Waals surface area contributed by atoms with Crippen LogP contribution in [0.25, 0.3) is 6.08 Å². The molecule has 0 aliphatic carbocycles. The lowest BCUT2D eigenvalue weighted by Gasteiger charge is -2.26. The molecular weight excluding hydrogens is 680 g/mol. The van der Waals surface area contributed by atoms with Crippen molar-refractivity contribution in [2.45, 2.75) is 19.9 Å². The lowest BCUT2D eigenvalue weighted by Crippen LogP contribution is -2.40. The Morgan fingerprint density at radius 2 is 1.76 bits per heavy atom. The fraction of sp³-hybridized carbons (Fsp3) is 0.276. The number of thiazole rings is 1. The van der Waals surface area contributed by atoms with Crippen molar-refractivity contribution >= 4 is 55.2 Å². The molecule has 0 N–H and O–H groups in total. The molecule has 0 amide bonds. The molecule has 216 valence electrons. The Morgan fingerprint density at radius 3 is 2.39 bits per heavy atom. The van der Waals surface area contributed by atoms with E-state index in [2.05, 4.69) is 43.4 Å². The van der Waals surface area contributed by atoms with Crippen LogP contribution in [0.5, 0.6) is 23.0 Å². The normalized spacial score (nSPS) is 14.7. The molecule has 0 saturated heterocycles. The molecule has 12 heteroatoms. The van der Waals surface area contributed by atoms with Crippen molar-refractivity contribution in [1.29, 1.82) is 0 Å². The van der Waals surface area contributed by atoms with E-state index in [4.69, 9.17) is 23.7 Å². The number of benzene rings is 2. The molecule has 0 spiro atoms. The summed E-state index contributed by atoms with van der Waals surface area (Å²) in [6.07, 6.45) is 3.39. The largest absolute Gasteiger partial charge is 0.493 e. The monoisotopic (exact) mass is 706 g/mol. The molecule has 1 atom stereocenters. The second-order valence-electron chi connectivity index (χ2n) is 8.66. The lowest BCUT2D eigenvalue weighted by molar-refractivity contribution is -0.139. The predicted octanol–water partition coefficient (Wildman–Crippen LogP) is 4.91. The van der Waals surface area contributed by atoms with Crippen LogP contribution in [0.2, 0.25) is 0 Å². The van der Waals surface area contributed by atoms with Gasteiger partial charge in [0.2, 0.25) is 0 Å². The predicted molar refractivity (Wildman–Crippen MR) is 164 cm³/mol. The van der Waals surface area contributed by atoms with Crippen LogP contribution in [0.3, 0.4) is 0 Å². The minimum absolute atomic E-state index is 0.170. The average Bonchev–Trinajstić information content (AvgIpc) is 3.25. The summed E-state index contributed by atoms with van der Waals surface area (Å²) in [5.41, 5.74) is 1.70. The van der Waals surface area contributed by atoms with E-state index in [-0.39, 0.29) is 17.7 Å². The number of fused-ring (bicyclic) bond motifs is 1. The van der Waals surface area contributed by atoms with Crippen LogP contribution in [0.15, 0.2) is 66.9 Å². The van der Waals surface area contributed by atoms with Crippen LogP contribution in [0, 0.1) is 0 Å². The molecule has 0 fully saturated rings. The molecule has 2 heterocycles. The number of carbonyl (C=O) groups is 1. The SMILES string of the molecule is C=CCOc1c(Br)cc(/C=c2\sc3n(c2=O)[C@@H](c2cc(OC)c(OC)cc2Br)C(C(=O)OCC)=C(C)N=3)cc1OC. The van der Waals surface area contributed by atoms with Crippen molar-refractivity contribution in [3.05, 3.63) is 88.0 Å². The van der Waals surface area contributed by atoms with Gasteiger partial charge in [-0.15, -0.1) is 0 Å². The number of esters is 1. The number of aromatic nitrogens is 1. The highest BCUT2D eigenvalue weighted by Gasteiger charge is 2.35. The molecule has 4 rings (SSSR count). The second kappa shape index (κ2) is 13.1. The third-order valence-electron chi connectivity index (χ3n) is 6.21. The average molecular weight is 708 g/mol. The van der Waals surface area contributed by atoms with Crippen molar-refractivity contribution in [1.82, 2.24) is 4.57 Å². The summed E-state index contributed by atoms with van der Waals surface area (Å²) >= 11 is 8.36. The summed E-state index contributed by atoms with van der Waals surface area (Å²) in [6, 6.07) is 6.25. The Kier molecular flexibility index (Phi) is 9.77. The summed E-state index contributed by atoms with van der Waals surface area (Å²) in [4.78, 5) is 32.4. The Morgan fingerprint density at radius 1 is 1.07 bits per heavy atom. The molecule has 41 heavy (non-hydrogen) atoms. The smallest absolute Gasteiger partial charge is 0.338 e. The molecule has 1 aliphatic rings. The molecule has 1 aromatic heterocycles. The van der Waals surface area contributed by atoms with Crippen LogP contribution in [-0.2, 0) is 9.53 Å². The van der Waals surface area contributed by atoms with Gasteiger partial charge in [-0.2, -0.15) is 0 Å². The van der Waals surface area contributed by atoms with Gasteiger partial charge in [0, 0.05) is 4.47 Å². The van der Waals surface area contributed by atoms with E-state index in [0.29, 0.717) is 64.7 Å². The zero-order chi connectivity index (χ0) is 29.8. The third-order valence-corrected chi connectivity index (χ3v) is 8.47. The zero-order valence-electron chi connectivity index (χ0n) is 23.1. The Balaban J connectivity index is 1.96. The third kappa shape index (κ3) is 6.00. The summed E-state index contributed by atoms with van der Waals surface area (Å²) in [7, 11) is 4.60. The number of allylic oxidation sites excluding steroid dienone is 1. The summed E-state index contributed by atoms with van der Waals surface area (Å²) in [5, 5.41) is 0. The fourth-order valence-corrected chi connectivity index (χ4v) is 6.58. The Labute approximate surface area is 257 Å². The highest BCUT2D eigenvalue weighted by atomic mass is 79.9. The minimum Gasteiger partial charge on any atom is -0.493 e. The van der Waals surface area contributed by atoms with E-state index in [0.717, 1.165) is 0 Å². The van der Waals surface area contributed by atoms with Gasteiger partial charge in [-0.05, 0) is 71.2 Å². The number of rotatable bonds is 10. The summed E-state index contributed by atoms with van der Waals surface area (Å²) in [6.45, 7) is 7.61. The number of hydrogen-bond donors (Lipinski definition) is 0. The maximum absolute atomic E-state index is 14.0. The van der Waals surface area contributed by atoms with Gasteiger partial charge in [0.05, 0.1) is 54.3 Å². The van der Waals surface area contributed by atoms with Gasteiger partial charge in [-0.3, -0.25) is 9.36 Å². The maximum Gasteiger partial charge on any atom is 0.338 e. The number of nitrogens with zero attached hydrogens (tertiary/aromatic N) is 2. The first-order valence-electron chi connectivity index (χ1n) is 12.4. The first kappa shape index (κ1) is 30.6. The highest BCUT2D eigenvalue weighted by molar-refractivity contribution is 9.10. The van der Waals surface area contributed by atoms with Crippen molar-refractivity contribution in [3.8, 4) is 23.0 Å². The van der Waals surface area contributed by atoms with Crippen LogP contribution in [-0.4, -0.2) is 45.1 Å². The van der Waals surface area contributed by atoms with Gasteiger partial charge >= 0.3 is 5.97 Å². The quantitative estimate of drug-likeness (QED) is 0.218. The van der Waals surface area contributed by atoms with Crippen molar-refractivity contribution in [2.75, 3.05) is 34.5 Å². The van der Waals surface area contributed by atoms with Crippen LogP contribution >= 0.6 is 43.2 Å². The van der Waals surface area contributed by atoms with Crippen molar-refractivity contribution in [3.63, 3.8) is 0 Å². The van der Waals surface area contributed by atoms with Crippen LogP contribution in [0.1, 0.15) is 31.0 Å². The Hall–Kier alpha value is -3.35. The fourth-order valence-electron chi connectivity index (χ4n) is 4.42. The molecule has 0 radical (unpaired) electrons. The number of ether oxygens (including phenoxy) is 5. The molecule has 0 unspecified atom stereocenters. The zero-order valence-corrected chi connectivity index (χ0v) is 27.1. The number of carbonyl (C=O) groups excluding carboxylic acids is 1. The van der Waals surface area contributed by atoms with Gasteiger partial charge in [-0.25, -0.2) is 9.79 Å². The summed E-state index contributed by atoms with van der Waals surface area (Å²) in [5.74, 6) is 1.40. The number of halogens is 2. The molecule has 0 saturated carbocycles. The maximum atomic E-state index is 14.0. The second-order valence-corrected chi connectivity index (χ2v) is 11.4. The van der Waals surface area contributed by atoms with Crippen LogP contribution in [0.4, 0.5) is 0 Å². The summed E-state index contributed by atoms with van der Waals surface area (Å²) < 4.78 is 30.8. The van der Waals surface area contributed by atoms with Crippen molar-refractivity contribution in [2.24, 2.45) is 4.99 Å². The van der Waals surface area contributed by atoms with E-state index < -0.39 is 12.0 Å². The molecule has 3 aromatic rings. The number of hydrogen-bond acceptors (Lipinski definition) is 9. The van der Waals surface area contributed by atoms with Gasteiger partial charge < -0.3 is 23.7 Å². The topological polar surface area (TPSA) is 97.6 Å². The van der Waals surface area contributed by atoms with Gasteiger partial charge in [0.1, 0.15) is 6.61 Å². The van der Waals surface area contributed by atoms with E-state index >= 15 is 0 Å². The Bertz CT molecular complexity index is 1730. The van der Waals surface area contributed by atoms with E-state index in [1.807, 2.05) is 6.07 Å². The van der Waals surface area contributed by atoms with Crippen molar-refractivity contribution < 1.29 is 28.5 Å². The minimum atomic E-state index is -0.836.